The van der Waals surface area contributed by atoms with Crippen molar-refractivity contribution in [3.05, 3.63) is 52.3 Å². The number of furan rings is 1. The van der Waals surface area contributed by atoms with Crippen molar-refractivity contribution in [3.63, 3.8) is 0 Å². The standard InChI is InChI=1S/C12H10N4O2/c13-12-15-9-8(4-7-2-1-3-14-5-7)6-18-10(9)11(17)16-12/h1-3,5-6H,4H2,(H3,13,15,16,17). The van der Waals surface area contributed by atoms with Crippen LogP contribution in [-0.4, -0.2) is 15.0 Å². The molecule has 0 amide bonds. The molecule has 0 radical (unpaired) electrons. The minimum Gasteiger partial charge on any atom is -0.456 e. The molecule has 0 aliphatic rings. The molecule has 0 atom stereocenters. The minimum atomic E-state index is -0.366. The molecule has 6 heteroatoms. The number of nitrogens with two attached hydrogens (primary N) is 1. The van der Waals surface area contributed by atoms with E-state index in [-0.39, 0.29) is 17.1 Å². The quantitative estimate of drug-likeness (QED) is 0.700. The molecule has 3 heterocycles. The molecule has 0 bridgehead atoms. The Balaban J connectivity index is 2.11. The summed E-state index contributed by atoms with van der Waals surface area (Å²) >= 11 is 0. The summed E-state index contributed by atoms with van der Waals surface area (Å²) in [6.07, 6.45) is 5.59. The molecule has 0 spiro atoms. The van der Waals surface area contributed by atoms with E-state index in [2.05, 4.69) is 15.0 Å². The number of hydrogen-bond acceptors (Lipinski definition) is 5. The first kappa shape index (κ1) is 10.5. The largest absolute Gasteiger partial charge is 0.456 e. The summed E-state index contributed by atoms with van der Waals surface area (Å²) in [4.78, 5) is 22.1. The molecular formula is C12H10N4O2. The lowest BCUT2D eigenvalue weighted by atomic mass is 10.1. The second-order valence-corrected chi connectivity index (χ2v) is 3.93. The van der Waals surface area contributed by atoms with Gasteiger partial charge in [0.15, 0.2) is 0 Å². The Bertz CT molecular complexity index is 746. The zero-order chi connectivity index (χ0) is 12.5. The first-order valence-corrected chi connectivity index (χ1v) is 5.39. The molecule has 0 aliphatic carbocycles. The average Bonchev–Trinajstić information content (AvgIpc) is 2.74. The van der Waals surface area contributed by atoms with Crippen molar-refractivity contribution in [1.29, 1.82) is 0 Å². The molecule has 0 saturated carbocycles. The van der Waals surface area contributed by atoms with Crippen LogP contribution in [0.25, 0.3) is 11.1 Å². The fraction of sp³-hybridized carbons (Fsp3) is 0.0833. The number of anilines is 1. The van der Waals surface area contributed by atoms with E-state index in [1.807, 2.05) is 12.1 Å². The number of rotatable bonds is 2. The number of pyridine rings is 1. The molecule has 0 aromatic carbocycles. The van der Waals surface area contributed by atoms with E-state index in [4.69, 9.17) is 10.2 Å². The highest BCUT2D eigenvalue weighted by Crippen LogP contribution is 2.19. The molecule has 90 valence electrons. The van der Waals surface area contributed by atoms with Crippen molar-refractivity contribution in [2.75, 3.05) is 5.73 Å². The maximum Gasteiger partial charge on any atom is 0.295 e. The van der Waals surface area contributed by atoms with E-state index in [1.165, 1.54) is 6.26 Å². The van der Waals surface area contributed by atoms with E-state index >= 15 is 0 Å². The predicted molar refractivity (Wildman–Crippen MR) is 66.1 cm³/mol. The lowest BCUT2D eigenvalue weighted by molar-refractivity contribution is 0.606. The molecule has 0 fully saturated rings. The molecule has 0 saturated heterocycles. The SMILES string of the molecule is Nc1nc2c(Cc3cccnc3)coc2c(=O)[nH]1. The van der Waals surface area contributed by atoms with Crippen LogP contribution in [0.2, 0.25) is 0 Å². The van der Waals surface area contributed by atoms with Crippen LogP contribution in [0.3, 0.4) is 0 Å². The minimum absolute atomic E-state index is 0.0846. The van der Waals surface area contributed by atoms with E-state index < -0.39 is 0 Å². The van der Waals surface area contributed by atoms with Crippen molar-refractivity contribution in [2.24, 2.45) is 0 Å². The maximum atomic E-state index is 11.6. The van der Waals surface area contributed by atoms with Crippen molar-refractivity contribution in [1.82, 2.24) is 15.0 Å². The van der Waals surface area contributed by atoms with Gasteiger partial charge >= 0.3 is 0 Å². The van der Waals surface area contributed by atoms with Crippen LogP contribution in [0.5, 0.6) is 0 Å². The van der Waals surface area contributed by atoms with Crippen LogP contribution in [0.1, 0.15) is 11.1 Å². The van der Waals surface area contributed by atoms with Gasteiger partial charge in [-0.15, -0.1) is 0 Å². The summed E-state index contributed by atoms with van der Waals surface area (Å²) in [6.45, 7) is 0. The second kappa shape index (κ2) is 3.99. The van der Waals surface area contributed by atoms with Gasteiger partial charge < -0.3 is 10.2 Å². The third-order valence-electron chi connectivity index (χ3n) is 2.64. The summed E-state index contributed by atoms with van der Waals surface area (Å²) in [5.41, 5.74) is 7.69. The monoisotopic (exact) mass is 242 g/mol. The Labute approximate surface area is 101 Å². The number of H-pyrrole nitrogens is 1. The molecule has 3 rings (SSSR count). The van der Waals surface area contributed by atoms with Gasteiger partial charge in [-0.05, 0) is 11.6 Å². The fourth-order valence-electron chi connectivity index (χ4n) is 1.84. The third-order valence-corrected chi connectivity index (χ3v) is 2.64. The van der Waals surface area contributed by atoms with Crippen LogP contribution in [-0.2, 0) is 6.42 Å². The number of fused-ring (bicyclic) bond motifs is 1. The summed E-state index contributed by atoms with van der Waals surface area (Å²) in [7, 11) is 0. The topological polar surface area (TPSA) is 97.8 Å². The summed E-state index contributed by atoms with van der Waals surface area (Å²) in [6, 6.07) is 3.80. The van der Waals surface area contributed by atoms with Crippen LogP contribution in [0, 0.1) is 0 Å². The van der Waals surface area contributed by atoms with Crippen LogP contribution in [0.15, 0.2) is 40.0 Å². The summed E-state index contributed by atoms with van der Waals surface area (Å²) in [5.74, 6) is 0.0846. The van der Waals surface area contributed by atoms with Gasteiger partial charge in [0.1, 0.15) is 5.52 Å². The van der Waals surface area contributed by atoms with Gasteiger partial charge in [-0.1, -0.05) is 6.07 Å². The lowest BCUT2D eigenvalue weighted by Crippen LogP contribution is -2.10. The Morgan fingerprint density at radius 2 is 2.33 bits per heavy atom. The maximum absolute atomic E-state index is 11.6. The average molecular weight is 242 g/mol. The van der Waals surface area contributed by atoms with E-state index in [1.54, 1.807) is 12.4 Å². The molecule has 0 aliphatic heterocycles. The Morgan fingerprint density at radius 1 is 1.44 bits per heavy atom. The number of nitrogens with one attached hydrogen (secondary N) is 1. The number of nitrogens with zero attached hydrogens (tertiary/aromatic N) is 2. The van der Waals surface area contributed by atoms with Gasteiger partial charge in [0.05, 0.1) is 6.26 Å². The highest BCUT2D eigenvalue weighted by Gasteiger charge is 2.12. The molecule has 3 N–H and O–H groups in total. The number of hydrogen-bond donors (Lipinski definition) is 2. The van der Waals surface area contributed by atoms with Gasteiger partial charge in [0.2, 0.25) is 11.5 Å². The lowest BCUT2D eigenvalue weighted by Gasteiger charge is -1.98. The van der Waals surface area contributed by atoms with Crippen molar-refractivity contribution < 1.29 is 4.42 Å². The highest BCUT2D eigenvalue weighted by atomic mass is 16.3. The van der Waals surface area contributed by atoms with E-state index in [0.717, 1.165) is 11.1 Å². The summed E-state index contributed by atoms with van der Waals surface area (Å²) < 4.78 is 5.22. The summed E-state index contributed by atoms with van der Waals surface area (Å²) in [5, 5.41) is 0. The van der Waals surface area contributed by atoms with Crippen LogP contribution in [0.4, 0.5) is 5.95 Å². The first-order valence-electron chi connectivity index (χ1n) is 5.39. The van der Waals surface area contributed by atoms with Crippen molar-refractivity contribution in [2.45, 2.75) is 6.42 Å². The van der Waals surface area contributed by atoms with Gasteiger partial charge in [0.25, 0.3) is 5.56 Å². The molecular weight excluding hydrogens is 232 g/mol. The number of nitrogen functional groups attached to an aromatic ring is 1. The van der Waals surface area contributed by atoms with Crippen LogP contribution >= 0.6 is 0 Å². The van der Waals surface area contributed by atoms with Gasteiger partial charge in [-0.3, -0.25) is 14.8 Å². The number of aromatic nitrogens is 3. The molecule has 3 aromatic heterocycles. The Kier molecular flexibility index (Phi) is 2.33. The van der Waals surface area contributed by atoms with Gasteiger partial charge in [-0.25, -0.2) is 4.98 Å². The predicted octanol–water partition coefficient (Wildman–Crippen LogP) is 1.08. The van der Waals surface area contributed by atoms with Gasteiger partial charge in [-0.2, -0.15) is 0 Å². The smallest absolute Gasteiger partial charge is 0.295 e. The molecule has 3 aromatic rings. The van der Waals surface area contributed by atoms with E-state index in [0.29, 0.717) is 11.9 Å². The Morgan fingerprint density at radius 3 is 3.11 bits per heavy atom. The zero-order valence-electron chi connectivity index (χ0n) is 9.38. The molecule has 18 heavy (non-hydrogen) atoms. The van der Waals surface area contributed by atoms with Gasteiger partial charge in [0, 0.05) is 24.4 Å². The molecule has 0 unspecified atom stereocenters. The normalized spacial score (nSPS) is 10.9. The third kappa shape index (κ3) is 1.73. The van der Waals surface area contributed by atoms with Crippen molar-refractivity contribution >= 4 is 17.0 Å². The molecule has 6 nitrogen and oxygen atoms in total. The zero-order valence-corrected chi connectivity index (χ0v) is 9.38. The fourth-order valence-corrected chi connectivity index (χ4v) is 1.84. The van der Waals surface area contributed by atoms with Crippen LogP contribution < -0.4 is 11.3 Å². The van der Waals surface area contributed by atoms with Crippen molar-refractivity contribution in [3.8, 4) is 0 Å². The van der Waals surface area contributed by atoms with E-state index in [9.17, 15) is 4.79 Å². The second-order valence-electron chi connectivity index (χ2n) is 3.93. The Hall–Kier alpha value is -2.63. The number of aromatic amines is 1. The first-order chi connectivity index (χ1) is 8.74. The highest BCUT2D eigenvalue weighted by molar-refractivity contribution is 5.76.